The summed E-state index contributed by atoms with van der Waals surface area (Å²) in [5.41, 5.74) is 2.81. The van der Waals surface area contributed by atoms with Gasteiger partial charge < -0.3 is 10.6 Å². The Balaban J connectivity index is 1.44. The molecule has 0 saturated heterocycles. The molecule has 2 N–H and O–H groups in total. The van der Waals surface area contributed by atoms with Crippen LogP contribution < -0.4 is 10.6 Å². The molecule has 1 aromatic heterocycles. The Morgan fingerprint density at radius 2 is 1.68 bits per heavy atom. The fourth-order valence-corrected chi connectivity index (χ4v) is 5.40. The molecule has 1 heterocycles. The van der Waals surface area contributed by atoms with Crippen LogP contribution in [0.4, 0.5) is 11.4 Å². The SMILES string of the molecule is CC(=O)Nc1ccc(S(=O)(=O)N(C)CC(=O)Nc2cccc(-c3nc4ccccc4s3)c2)cc1. The number of para-hydroxylation sites is 1. The Morgan fingerprint density at radius 3 is 2.38 bits per heavy atom. The van der Waals surface area contributed by atoms with Crippen molar-refractivity contribution >= 4 is 54.8 Å². The zero-order valence-electron chi connectivity index (χ0n) is 18.5. The van der Waals surface area contributed by atoms with Crippen molar-refractivity contribution in [2.45, 2.75) is 11.8 Å². The van der Waals surface area contributed by atoms with Gasteiger partial charge in [-0.2, -0.15) is 4.31 Å². The standard InChI is InChI=1S/C24H22N4O4S2/c1-16(29)25-18-10-12-20(13-11-18)34(31,32)28(2)15-23(30)26-19-7-5-6-17(14-19)24-27-21-8-3-4-9-22(21)33-24/h3-14H,15H2,1-2H3,(H,25,29)(H,26,30). The van der Waals surface area contributed by atoms with Crippen molar-refractivity contribution in [3.8, 4) is 10.6 Å². The van der Waals surface area contributed by atoms with Crippen molar-refractivity contribution in [1.82, 2.24) is 9.29 Å². The van der Waals surface area contributed by atoms with Gasteiger partial charge in [0.15, 0.2) is 0 Å². The van der Waals surface area contributed by atoms with Gasteiger partial charge >= 0.3 is 0 Å². The van der Waals surface area contributed by atoms with Crippen LogP contribution in [0.15, 0.2) is 77.7 Å². The first kappa shape index (κ1) is 23.6. The Kier molecular flexibility index (Phi) is 6.73. The molecular weight excluding hydrogens is 472 g/mol. The molecule has 0 fully saturated rings. The van der Waals surface area contributed by atoms with Crippen LogP contribution >= 0.6 is 11.3 Å². The van der Waals surface area contributed by atoms with Gasteiger partial charge in [0.25, 0.3) is 0 Å². The van der Waals surface area contributed by atoms with Crippen LogP contribution in [0.25, 0.3) is 20.8 Å². The third kappa shape index (κ3) is 5.30. The highest BCUT2D eigenvalue weighted by atomic mass is 32.2. The van der Waals surface area contributed by atoms with Crippen molar-refractivity contribution in [3.63, 3.8) is 0 Å². The van der Waals surface area contributed by atoms with Crippen LogP contribution in [0.2, 0.25) is 0 Å². The maximum absolute atomic E-state index is 12.8. The molecule has 0 atom stereocenters. The maximum Gasteiger partial charge on any atom is 0.243 e. The molecule has 4 rings (SSSR count). The van der Waals surface area contributed by atoms with E-state index in [9.17, 15) is 18.0 Å². The minimum Gasteiger partial charge on any atom is -0.326 e. The minimum absolute atomic E-state index is 0.0229. The number of nitrogens with one attached hydrogen (secondary N) is 2. The highest BCUT2D eigenvalue weighted by molar-refractivity contribution is 7.89. The number of amides is 2. The summed E-state index contributed by atoms with van der Waals surface area (Å²) in [6, 6.07) is 20.9. The van der Waals surface area contributed by atoms with E-state index in [1.54, 1.807) is 17.4 Å². The van der Waals surface area contributed by atoms with Crippen molar-refractivity contribution in [3.05, 3.63) is 72.8 Å². The molecule has 3 aromatic carbocycles. The van der Waals surface area contributed by atoms with Crippen LogP contribution in [0.3, 0.4) is 0 Å². The zero-order valence-corrected chi connectivity index (χ0v) is 20.1. The summed E-state index contributed by atoms with van der Waals surface area (Å²) in [6.45, 7) is 1.01. The van der Waals surface area contributed by atoms with E-state index in [1.807, 2.05) is 42.5 Å². The number of nitrogens with zero attached hydrogens (tertiary/aromatic N) is 2. The van der Waals surface area contributed by atoms with Gasteiger partial charge in [-0.05, 0) is 48.5 Å². The Hall–Kier alpha value is -3.60. The smallest absolute Gasteiger partial charge is 0.243 e. The molecule has 0 radical (unpaired) electrons. The van der Waals surface area contributed by atoms with Gasteiger partial charge in [-0.15, -0.1) is 11.3 Å². The van der Waals surface area contributed by atoms with Gasteiger partial charge in [0.1, 0.15) is 5.01 Å². The monoisotopic (exact) mass is 494 g/mol. The molecule has 0 unspecified atom stereocenters. The second kappa shape index (κ2) is 9.72. The number of benzene rings is 3. The van der Waals surface area contributed by atoms with Gasteiger partial charge in [0.05, 0.1) is 21.7 Å². The number of fused-ring (bicyclic) bond motifs is 1. The number of carbonyl (C=O) groups is 2. The lowest BCUT2D eigenvalue weighted by molar-refractivity contribution is -0.116. The predicted octanol–water partition coefficient (Wildman–Crippen LogP) is 4.18. The molecular formula is C24H22N4O4S2. The van der Waals surface area contributed by atoms with Crippen molar-refractivity contribution in [1.29, 1.82) is 0 Å². The fourth-order valence-electron chi connectivity index (χ4n) is 3.31. The molecule has 2 amide bonds. The predicted molar refractivity (Wildman–Crippen MR) is 134 cm³/mol. The summed E-state index contributed by atoms with van der Waals surface area (Å²) in [5.74, 6) is -0.723. The highest BCUT2D eigenvalue weighted by Crippen LogP contribution is 2.31. The first-order valence-electron chi connectivity index (χ1n) is 10.3. The molecule has 0 aliphatic heterocycles. The van der Waals surface area contributed by atoms with Gasteiger partial charge in [-0.1, -0.05) is 24.3 Å². The average molecular weight is 495 g/mol. The number of thiazole rings is 1. The molecule has 0 saturated carbocycles. The lowest BCUT2D eigenvalue weighted by atomic mass is 10.2. The van der Waals surface area contributed by atoms with Crippen molar-refractivity contribution in [2.75, 3.05) is 24.2 Å². The maximum atomic E-state index is 12.8. The lowest BCUT2D eigenvalue weighted by Crippen LogP contribution is -2.35. The van der Waals surface area contributed by atoms with E-state index >= 15 is 0 Å². The van der Waals surface area contributed by atoms with E-state index < -0.39 is 15.9 Å². The molecule has 8 nitrogen and oxygen atoms in total. The number of hydrogen-bond donors (Lipinski definition) is 2. The highest BCUT2D eigenvalue weighted by Gasteiger charge is 2.23. The van der Waals surface area contributed by atoms with Gasteiger partial charge in [0.2, 0.25) is 21.8 Å². The van der Waals surface area contributed by atoms with Crippen LogP contribution in [-0.2, 0) is 19.6 Å². The van der Waals surface area contributed by atoms with E-state index in [0.29, 0.717) is 11.4 Å². The van der Waals surface area contributed by atoms with E-state index in [2.05, 4.69) is 15.6 Å². The number of anilines is 2. The normalized spacial score (nSPS) is 11.5. The summed E-state index contributed by atoms with van der Waals surface area (Å²) >= 11 is 1.56. The molecule has 174 valence electrons. The third-order valence-electron chi connectivity index (χ3n) is 4.94. The van der Waals surface area contributed by atoms with E-state index in [4.69, 9.17) is 0 Å². The summed E-state index contributed by atoms with van der Waals surface area (Å²) in [5, 5.41) is 6.17. The average Bonchev–Trinajstić information content (AvgIpc) is 3.23. The van der Waals surface area contributed by atoms with E-state index in [-0.39, 0.29) is 17.3 Å². The Labute approximate surface area is 201 Å². The number of rotatable bonds is 7. The fraction of sp³-hybridized carbons (Fsp3) is 0.125. The molecule has 0 aliphatic carbocycles. The topological polar surface area (TPSA) is 108 Å². The Bertz CT molecular complexity index is 1430. The Morgan fingerprint density at radius 1 is 0.941 bits per heavy atom. The van der Waals surface area contributed by atoms with Crippen LogP contribution in [0.5, 0.6) is 0 Å². The van der Waals surface area contributed by atoms with Crippen LogP contribution in [-0.4, -0.2) is 43.1 Å². The summed E-state index contributed by atoms with van der Waals surface area (Å²) in [7, 11) is -2.54. The second-order valence-corrected chi connectivity index (χ2v) is 10.7. The van der Waals surface area contributed by atoms with Crippen molar-refractivity contribution in [2.24, 2.45) is 0 Å². The van der Waals surface area contributed by atoms with Gasteiger partial charge in [0, 0.05) is 30.9 Å². The number of hydrogen-bond acceptors (Lipinski definition) is 6. The third-order valence-corrected chi connectivity index (χ3v) is 7.84. The lowest BCUT2D eigenvalue weighted by Gasteiger charge is -2.17. The molecule has 0 spiro atoms. The number of sulfonamides is 1. The first-order chi connectivity index (χ1) is 16.2. The zero-order chi connectivity index (χ0) is 24.3. The van der Waals surface area contributed by atoms with E-state index in [1.165, 1.54) is 38.2 Å². The summed E-state index contributed by atoms with van der Waals surface area (Å²) in [6.07, 6.45) is 0. The molecule has 4 aromatic rings. The van der Waals surface area contributed by atoms with Crippen molar-refractivity contribution < 1.29 is 18.0 Å². The van der Waals surface area contributed by atoms with Crippen LogP contribution in [0.1, 0.15) is 6.92 Å². The minimum atomic E-state index is -3.89. The number of likely N-dealkylation sites (N-methyl/N-ethyl adjacent to an activating group) is 1. The molecule has 10 heteroatoms. The number of aromatic nitrogens is 1. The van der Waals surface area contributed by atoms with Gasteiger partial charge in [-0.3, -0.25) is 9.59 Å². The molecule has 0 bridgehead atoms. The quantitative estimate of drug-likeness (QED) is 0.401. The molecule has 0 aliphatic rings. The summed E-state index contributed by atoms with van der Waals surface area (Å²) in [4.78, 5) is 28.4. The van der Waals surface area contributed by atoms with Gasteiger partial charge in [-0.25, -0.2) is 13.4 Å². The number of carbonyl (C=O) groups excluding carboxylic acids is 2. The van der Waals surface area contributed by atoms with E-state index in [0.717, 1.165) is 25.1 Å². The molecule has 34 heavy (non-hydrogen) atoms. The first-order valence-corrected chi connectivity index (χ1v) is 12.6. The summed E-state index contributed by atoms with van der Waals surface area (Å²) < 4.78 is 27.7. The van der Waals surface area contributed by atoms with Crippen LogP contribution in [0, 0.1) is 0 Å². The largest absolute Gasteiger partial charge is 0.326 e. The second-order valence-electron chi connectivity index (χ2n) is 7.58.